The van der Waals surface area contributed by atoms with E-state index in [1.54, 1.807) is 23.4 Å². The van der Waals surface area contributed by atoms with E-state index in [4.69, 9.17) is 0 Å². The lowest BCUT2D eigenvalue weighted by atomic mass is 10.0. The second-order valence-corrected chi connectivity index (χ2v) is 9.59. The van der Waals surface area contributed by atoms with Crippen molar-refractivity contribution in [1.82, 2.24) is 19.8 Å². The summed E-state index contributed by atoms with van der Waals surface area (Å²) in [6, 6.07) is 12.2. The molecule has 1 unspecified atom stereocenters. The average Bonchev–Trinajstić information content (AvgIpc) is 3.19. The third-order valence-electron chi connectivity index (χ3n) is 6.59. The van der Waals surface area contributed by atoms with Gasteiger partial charge >= 0.3 is 0 Å². The van der Waals surface area contributed by atoms with E-state index in [-0.39, 0.29) is 30.2 Å². The number of aromatic nitrogens is 2. The largest absolute Gasteiger partial charge is 0.367 e. The van der Waals surface area contributed by atoms with E-state index >= 15 is 0 Å². The summed E-state index contributed by atoms with van der Waals surface area (Å²) in [4.78, 5) is 40.1. The summed E-state index contributed by atoms with van der Waals surface area (Å²) in [6.45, 7) is 4.26. The van der Waals surface area contributed by atoms with Crippen molar-refractivity contribution in [3.8, 4) is 11.1 Å². The van der Waals surface area contributed by atoms with Crippen molar-refractivity contribution in [3.63, 3.8) is 0 Å². The van der Waals surface area contributed by atoms with Crippen LogP contribution >= 0.6 is 11.8 Å². The van der Waals surface area contributed by atoms with Crippen LogP contribution in [0.25, 0.3) is 11.1 Å². The molecular weight excluding hydrogens is 465 g/mol. The number of amides is 2. The summed E-state index contributed by atoms with van der Waals surface area (Å²) >= 11 is 1.45. The average molecular weight is 492 g/mol. The molecule has 0 aliphatic carbocycles. The van der Waals surface area contributed by atoms with Gasteiger partial charge in [0.15, 0.2) is 5.16 Å². The van der Waals surface area contributed by atoms with Crippen LogP contribution in [-0.2, 0) is 11.3 Å². The summed E-state index contributed by atoms with van der Waals surface area (Å²) in [5, 5.41) is 0.659. The highest BCUT2D eigenvalue weighted by Crippen LogP contribution is 2.33. The molecular formula is C26H26FN5O2S. The number of nitrogens with zero attached hydrogens (tertiary/aromatic N) is 5. The highest BCUT2D eigenvalue weighted by molar-refractivity contribution is 7.98. The molecule has 3 heterocycles. The smallest absolute Gasteiger partial charge is 0.254 e. The topological polar surface area (TPSA) is 69.6 Å². The van der Waals surface area contributed by atoms with Gasteiger partial charge in [0.2, 0.25) is 5.91 Å². The molecule has 9 heteroatoms. The monoisotopic (exact) mass is 491 g/mol. The van der Waals surface area contributed by atoms with Crippen molar-refractivity contribution in [2.24, 2.45) is 0 Å². The van der Waals surface area contributed by atoms with Crippen molar-refractivity contribution in [2.75, 3.05) is 37.3 Å². The number of fused-ring (bicyclic) bond motifs is 1. The zero-order valence-electron chi connectivity index (χ0n) is 19.6. The van der Waals surface area contributed by atoms with Gasteiger partial charge in [-0.25, -0.2) is 14.4 Å². The minimum absolute atomic E-state index is 0.0568. The number of carbonyl (C=O) groups is 2. The maximum atomic E-state index is 14.2. The molecule has 0 saturated carbocycles. The van der Waals surface area contributed by atoms with Gasteiger partial charge in [0.05, 0.1) is 0 Å². The Kier molecular flexibility index (Phi) is 6.42. The molecule has 3 aromatic rings. The van der Waals surface area contributed by atoms with E-state index in [2.05, 4.69) is 14.9 Å². The van der Waals surface area contributed by atoms with E-state index in [9.17, 15) is 14.0 Å². The Morgan fingerprint density at radius 1 is 1.11 bits per heavy atom. The SMILES string of the molecule is CSc1ncc(-c2cc(F)ccc2N2CCN(C(=O)CN3Cc4ccccc4C3=O)C(C)C2)cn1. The normalized spacial score (nSPS) is 17.6. The summed E-state index contributed by atoms with van der Waals surface area (Å²) in [5.41, 5.74) is 4.00. The van der Waals surface area contributed by atoms with Crippen LogP contribution in [0, 0.1) is 5.82 Å². The Morgan fingerprint density at radius 3 is 2.60 bits per heavy atom. The molecule has 0 spiro atoms. The fraction of sp³-hybridized carbons (Fsp3) is 0.308. The van der Waals surface area contributed by atoms with Gasteiger partial charge in [-0.15, -0.1) is 0 Å². The van der Waals surface area contributed by atoms with Crippen molar-refractivity contribution in [3.05, 3.63) is 71.8 Å². The number of rotatable bonds is 5. The summed E-state index contributed by atoms with van der Waals surface area (Å²) in [7, 11) is 0. The summed E-state index contributed by atoms with van der Waals surface area (Å²) in [6.07, 6.45) is 5.33. The Bertz CT molecular complexity index is 1270. The molecule has 0 radical (unpaired) electrons. The molecule has 1 aromatic heterocycles. The first-order valence-corrected chi connectivity index (χ1v) is 12.7. The van der Waals surface area contributed by atoms with Gasteiger partial charge in [-0.3, -0.25) is 9.59 Å². The minimum Gasteiger partial charge on any atom is -0.367 e. The number of hydrogen-bond acceptors (Lipinski definition) is 6. The van der Waals surface area contributed by atoms with Gasteiger partial charge < -0.3 is 14.7 Å². The number of hydrogen-bond donors (Lipinski definition) is 0. The number of thioether (sulfide) groups is 1. The van der Waals surface area contributed by atoms with Crippen LogP contribution in [0.3, 0.4) is 0 Å². The Hall–Kier alpha value is -3.46. The van der Waals surface area contributed by atoms with Crippen molar-refractivity contribution < 1.29 is 14.0 Å². The molecule has 180 valence electrons. The molecule has 1 atom stereocenters. The molecule has 2 aliphatic heterocycles. The van der Waals surface area contributed by atoms with Crippen LogP contribution in [0.4, 0.5) is 10.1 Å². The van der Waals surface area contributed by atoms with Gasteiger partial charge in [0.1, 0.15) is 12.4 Å². The minimum atomic E-state index is -0.323. The van der Waals surface area contributed by atoms with Gasteiger partial charge in [-0.05, 0) is 43.0 Å². The lowest BCUT2D eigenvalue weighted by molar-refractivity contribution is -0.134. The van der Waals surface area contributed by atoms with E-state index in [1.807, 2.05) is 42.3 Å². The zero-order chi connectivity index (χ0) is 24.5. The molecule has 5 rings (SSSR count). The van der Waals surface area contributed by atoms with E-state index in [0.29, 0.717) is 36.9 Å². The first-order valence-electron chi connectivity index (χ1n) is 11.5. The summed E-state index contributed by atoms with van der Waals surface area (Å²) in [5.74, 6) is -0.472. The van der Waals surface area contributed by atoms with E-state index in [1.165, 1.54) is 23.9 Å². The van der Waals surface area contributed by atoms with Crippen LogP contribution in [0.5, 0.6) is 0 Å². The fourth-order valence-electron chi connectivity index (χ4n) is 4.82. The van der Waals surface area contributed by atoms with Gasteiger partial charge in [0, 0.05) is 67.0 Å². The maximum Gasteiger partial charge on any atom is 0.254 e. The molecule has 1 saturated heterocycles. The second-order valence-electron chi connectivity index (χ2n) is 8.82. The molecule has 0 bridgehead atoms. The lowest BCUT2D eigenvalue weighted by Crippen LogP contribution is -2.56. The predicted octanol–water partition coefficient (Wildman–Crippen LogP) is 3.70. The Balaban J connectivity index is 1.29. The van der Waals surface area contributed by atoms with Gasteiger partial charge in [0.25, 0.3) is 5.91 Å². The number of halogens is 1. The number of piperazine rings is 1. The Labute approximate surface area is 208 Å². The molecule has 35 heavy (non-hydrogen) atoms. The number of carbonyl (C=O) groups excluding carboxylic acids is 2. The highest BCUT2D eigenvalue weighted by atomic mass is 32.2. The van der Waals surface area contributed by atoms with E-state index in [0.717, 1.165) is 22.4 Å². The standard InChI is InChI=1S/C26H26FN5O2S/c1-17-14-30(23-8-7-20(27)11-22(23)19-12-28-26(35-2)29-13-19)9-10-32(17)24(33)16-31-15-18-5-3-4-6-21(18)25(31)34/h3-8,11-13,17H,9-10,14-16H2,1-2H3. The van der Waals surface area contributed by atoms with Crippen LogP contribution in [0.15, 0.2) is 60.0 Å². The maximum absolute atomic E-state index is 14.2. The lowest BCUT2D eigenvalue weighted by Gasteiger charge is -2.42. The van der Waals surface area contributed by atoms with Crippen LogP contribution in [-0.4, -0.2) is 70.1 Å². The first-order chi connectivity index (χ1) is 16.9. The fourth-order valence-corrected chi connectivity index (χ4v) is 5.14. The molecule has 2 aliphatic rings. The zero-order valence-corrected chi connectivity index (χ0v) is 20.5. The van der Waals surface area contributed by atoms with Crippen LogP contribution in [0.1, 0.15) is 22.8 Å². The van der Waals surface area contributed by atoms with E-state index < -0.39 is 0 Å². The molecule has 0 N–H and O–H groups in total. The molecule has 1 fully saturated rings. The second kappa shape index (κ2) is 9.65. The van der Waals surface area contributed by atoms with Crippen LogP contribution < -0.4 is 4.90 Å². The number of anilines is 1. The van der Waals surface area contributed by atoms with Crippen molar-refractivity contribution in [2.45, 2.75) is 24.7 Å². The third-order valence-corrected chi connectivity index (χ3v) is 7.17. The first kappa shape index (κ1) is 23.3. The summed E-state index contributed by atoms with van der Waals surface area (Å²) < 4.78 is 14.2. The van der Waals surface area contributed by atoms with Gasteiger partial charge in [-0.2, -0.15) is 0 Å². The molecule has 2 amide bonds. The van der Waals surface area contributed by atoms with Crippen LogP contribution in [0.2, 0.25) is 0 Å². The Morgan fingerprint density at radius 2 is 1.89 bits per heavy atom. The quantitative estimate of drug-likeness (QED) is 0.401. The van der Waals surface area contributed by atoms with Gasteiger partial charge in [-0.1, -0.05) is 30.0 Å². The van der Waals surface area contributed by atoms with Crippen molar-refractivity contribution >= 4 is 29.3 Å². The molecule has 2 aromatic carbocycles. The number of benzene rings is 2. The third kappa shape index (κ3) is 4.60. The predicted molar refractivity (Wildman–Crippen MR) is 134 cm³/mol. The highest BCUT2D eigenvalue weighted by Gasteiger charge is 2.33. The van der Waals surface area contributed by atoms with Crippen molar-refractivity contribution in [1.29, 1.82) is 0 Å². The molecule has 7 nitrogen and oxygen atoms in total.